The molecule has 0 unspecified atom stereocenters. The summed E-state index contributed by atoms with van der Waals surface area (Å²) in [5.41, 5.74) is 2.56. The second kappa shape index (κ2) is 7.65. The molecule has 1 heterocycles. The van der Waals surface area contributed by atoms with Crippen LogP contribution >= 0.6 is 0 Å². The van der Waals surface area contributed by atoms with Crippen LogP contribution in [-0.2, 0) is 16.6 Å². The van der Waals surface area contributed by atoms with E-state index in [0.717, 1.165) is 29.2 Å². The molecule has 0 fully saturated rings. The van der Waals surface area contributed by atoms with Crippen LogP contribution in [0.25, 0.3) is 0 Å². The first-order valence-corrected chi connectivity index (χ1v) is 9.94. The van der Waals surface area contributed by atoms with E-state index in [-0.39, 0.29) is 12.5 Å². The lowest BCUT2D eigenvalue weighted by molar-refractivity contribution is 0.174. The number of ether oxygens (including phenoxy) is 2. The molecule has 0 aromatic heterocycles. The minimum absolute atomic E-state index is 0.146. The van der Waals surface area contributed by atoms with Gasteiger partial charge in [-0.25, -0.2) is 8.42 Å². The molecule has 1 aliphatic rings. The van der Waals surface area contributed by atoms with E-state index < -0.39 is 10.0 Å². The lowest BCUT2D eigenvalue weighted by atomic mass is 10.2. The number of rotatable bonds is 8. The molecule has 2 aromatic rings. The summed E-state index contributed by atoms with van der Waals surface area (Å²) in [6.07, 6.45) is 1.51. The van der Waals surface area contributed by atoms with Crippen LogP contribution in [0.5, 0.6) is 11.5 Å². The largest absolute Gasteiger partial charge is 0.454 e. The predicted molar refractivity (Wildman–Crippen MR) is 98.7 cm³/mol. The topological polar surface area (TPSA) is 76.7 Å². The van der Waals surface area contributed by atoms with Gasteiger partial charge in [-0.05, 0) is 48.4 Å². The Bertz CT molecular complexity index is 819. The van der Waals surface area contributed by atoms with Gasteiger partial charge in [0.2, 0.25) is 16.8 Å². The third-order valence-corrected chi connectivity index (χ3v) is 5.23. The molecule has 0 spiro atoms. The molecule has 25 heavy (non-hydrogen) atoms. The SMILES string of the molecule is CCCCS(=O)(=O)Nc1ccc(NCc2ccc3c(c2)OCO3)cc1. The Morgan fingerprint density at radius 2 is 1.72 bits per heavy atom. The fourth-order valence-corrected chi connectivity index (χ4v) is 3.74. The van der Waals surface area contributed by atoms with Gasteiger partial charge in [0.25, 0.3) is 0 Å². The van der Waals surface area contributed by atoms with Crippen LogP contribution in [0.2, 0.25) is 0 Å². The second-order valence-corrected chi connectivity index (χ2v) is 7.73. The zero-order chi connectivity index (χ0) is 17.7. The molecule has 7 heteroatoms. The summed E-state index contributed by atoms with van der Waals surface area (Å²) in [5.74, 6) is 1.67. The summed E-state index contributed by atoms with van der Waals surface area (Å²) < 4.78 is 37.1. The Morgan fingerprint density at radius 3 is 2.48 bits per heavy atom. The average Bonchev–Trinajstić information content (AvgIpc) is 3.07. The maximum absolute atomic E-state index is 11.9. The smallest absolute Gasteiger partial charge is 0.232 e. The summed E-state index contributed by atoms with van der Waals surface area (Å²) in [5, 5.41) is 3.30. The molecule has 134 valence electrons. The molecule has 0 amide bonds. The van der Waals surface area contributed by atoms with Crippen molar-refractivity contribution in [3.63, 3.8) is 0 Å². The Kier molecular flexibility index (Phi) is 5.33. The Morgan fingerprint density at radius 1 is 1.00 bits per heavy atom. The number of sulfonamides is 1. The first-order chi connectivity index (χ1) is 12.1. The molecule has 0 atom stereocenters. The van der Waals surface area contributed by atoms with Gasteiger partial charge in [0.05, 0.1) is 5.75 Å². The quantitative estimate of drug-likeness (QED) is 0.751. The summed E-state index contributed by atoms with van der Waals surface area (Å²) in [7, 11) is -3.27. The van der Waals surface area contributed by atoms with E-state index >= 15 is 0 Å². The highest BCUT2D eigenvalue weighted by Crippen LogP contribution is 2.32. The van der Waals surface area contributed by atoms with Gasteiger partial charge >= 0.3 is 0 Å². The average molecular weight is 362 g/mol. The van der Waals surface area contributed by atoms with Crippen molar-refractivity contribution in [1.29, 1.82) is 0 Å². The predicted octanol–water partition coefficient (Wildman–Crippen LogP) is 3.57. The van der Waals surface area contributed by atoms with Gasteiger partial charge < -0.3 is 14.8 Å². The van der Waals surface area contributed by atoms with E-state index in [1.54, 1.807) is 12.1 Å². The van der Waals surface area contributed by atoms with Crippen LogP contribution in [0.1, 0.15) is 25.3 Å². The monoisotopic (exact) mass is 362 g/mol. The Hall–Kier alpha value is -2.41. The summed E-state index contributed by atoms with van der Waals surface area (Å²) in [6, 6.07) is 13.0. The molecule has 2 N–H and O–H groups in total. The van der Waals surface area contributed by atoms with Crippen LogP contribution in [0.3, 0.4) is 0 Å². The van der Waals surface area contributed by atoms with Gasteiger partial charge in [0, 0.05) is 17.9 Å². The van der Waals surface area contributed by atoms with E-state index in [1.165, 1.54) is 0 Å². The molecule has 0 saturated carbocycles. The minimum Gasteiger partial charge on any atom is -0.454 e. The van der Waals surface area contributed by atoms with Crippen molar-refractivity contribution in [3.05, 3.63) is 48.0 Å². The number of fused-ring (bicyclic) bond motifs is 1. The first-order valence-electron chi connectivity index (χ1n) is 8.29. The number of hydrogen-bond donors (Lipinski definition) is 2. The molecule has 1 aliphatic heterocycles. The lowest BCUT2D eigenvalue weighted by Crippen LogP contribution is -2.16. The summed E-state index contributed by atoms with van der Waals surface area (Å²) in [4.78, 5) is 0. The van der Waals surface area contributed by atoms with Crippen LogP contribution < -0.4 is 19.5 Å². The molecule has 0 radical (unpaired) electrons. The van der Waals surface area contributed by atoms with Gasteiger partial charge in [-0.1, -0.05) is 19.4 Å². The fraction of sp³-hybridized carbons (Fsp3) is 0.333. The molecule has 3 rings (SSSR count). The van der Waals surface area contributed by atoms with E-state index in [2.05, 4.69) is 10.0 Å². The van der Waals surface area contributed by atoms with E-state index in [4.69, 9.17) is 9.47 Å². The van der Waals surface area contributed by atoms with Gasteiger partial charge in [-0.15, -0.1) is 0 Å². The van der Waals surface area contributed by atoms with Gasteiger partial charge in [-0.3, -0.25) is 4.72 Å². The molecular formula is C18H22N2O4S. The van der Waals surface area contributed by atoms with Crippen molar-refractivity contribution >= 4 is 21.4 Å². The highest BCUT2D eigenvalue weighted by atomic mass is 32.2. The van der Waals surface area contributed by atoms with E-state index in [9.17, 15) is 8.42 Å². The highest BCUT2D eigenvalue weighted by Gasteiger charge is 2.13. The van der Waals surface area contributed by atoms with Crippen LogP contribution in [-0.4, -0.2) is 21.0 Å². The molecule has 0 bridgehead atoms. The van der Waals surface area contributed by atoms with Crippen molar-refractivity contribution in [3.8, 4) is 11.5 Å². The third-order valence-electron chi connectivity index (χ3n) is 3.86. The molecule has 0 saturated heterocycles. The number of anilines is 2. The molecular weight excluding hydrogens is 340 g/mol. The van der Waals surface area contributed by atoms with Crippen molar-refractivity contribution in [2.24, 2.45) is 0 Å². The molecule has 2 aromatic carbocycles. The third kappa shape index (κ3) is 4.79. The number of unbranched alkanes of at least 4 members (excludes halogenated alkanes) is 1. The van der Waals surface area contributed by atoms with Crippen molar-refractivity contribution in [2.45, 2.75) is 26.3 Å². The second-order valence-electron chi connectivity index (χ2n) is 5.89. The van der Waals surface area contributed by atoms with Crippen LogP contribution in [0.15, 0.2) is 42.5 Å². The van der Waals surface area contributed by atoms with Crippen molar-refractivity contribution in [1.82, 2.24) is 0 Å². The molecule has 0 aliphatic carbocycles. The Balaban J connectivity index is 1.56. The zero-order valence-electron chi connectivity index (χ0n) is 14.1. The lowest BCUT2D eigenvalue weighted by Gasteiger charge is -2.10. The number of benzene rings is 2. The Labute approximate surface area is 148 Å². The molecule has 6 nitrogen and oxygen atoms in total. The fourth-order valence-electron chi connectivity index (χ4n) is 2.48. The highest BCUT2D eigenvalue weighted by molar-refractivity contribution is 7.92. The van der Waals surface area contributed by atoms with Gasteiger partial charge in [0.15, 0.2) is 11.5 Å². The van der Waals surface area contributed by atoms with Gasteiger partial charge in [-0.2, -0.15) is 0 Å². The zero-order valence-corrected chi connectivity index (χ0v) is 14.9. The maximum atomic E-state index is 11.9. The normalized spacial score (nSPS) is 12.8. The first kappa shape index (κ1) is 17.4. The van der Waals surface area contributed by atoms with Crippen molar-refractivity contribution in [2.75, 3.05) is 22.6 Å². The van der Waals surface area contributed by atoms with Crippen LogP contribution in [0, 0.1) is 0 Å². The van der Waals surface area contributed by atoms with E-state index in [1.807, 2.05) is 37.3 Å². The maximum Gasteiger partial charge on any atom is 0.232 e. The standard InChI is InChI=1S/C18H22N2O4S/c1-2-3-10-25(21,22)20-16-7-5-15(6-8-16)19-12-14-4-9-17-18(11-14)24-13-23-17/h4-9,11,19-20H,2-3,10,12-13H2,1H3. The summed E-state index contributed by atoms with van der Waals surface area (Å²) >= 11 is 0. The number of nitrogens with one attached hydrogen (secondary N) is 2. The van der Waals surface area contributed by atoms with Crippen molar-refractivity contribution < 1.29 is 17.9 Å². The van der Waals surface area contributed by atoms with E-state index in [0.29, 0.717) is 18.7 Å². The number of hydrogen-bond acceptors (Lipinski definition) is 5. The summed E-state index contributed by atoms with van der Waals surface area (Å²) in [6.45, 7) is 2.87. The minimum atomic E-state index is -3.27. The van der Waals surface area contributed by atoms with Crippen LogP contribution in [0.4, 0.5) is 11.4 Å². The van der Waals surface area contributed by atoms with Gasteiger partial charge in [0.1, 0.15) is 0 Å².